The van der Waals surface area contributed by atoms with E-state index in [1.165, 1.54) is 5.56 Å². The molecule has 0 spiro atoms. The van der Waals surface area contributed by atoms with E-state index in [0.29, 0.717) is 11.1 Å². The van der Waals surface area contributed by atoms with Gasteiger partial charge in [-0.3, -0.25) is 0 Å². The molecule has 0 N–H and O–H groups in total. The summed E-state index contributed by atoms with van der Waals surface area (Å²) >= 11 is 0. The van der Waals surface area contributed by atoms with Crippen molar-refractivity contribution in [3.05, 3.63) is 222 Å². The van der Waals surface area contributed by atoms with E-state index in [1.54, 1.807) is 0 Å². The molecular formula is C59H39BN4O2. The lowest BCUT2D eigenvalue weighted by Crippen LogP contribution is -2.57. The summed E-state index contributed by atoms with van der Waals surface area (Å²) in [6.45, 7) is 4.33. The molecule has 3 heterocycles. The first-order valence-corrected chi connectivity index (χ1v) is 22.1. The average Bonchev–Trinajstić information content (AvgIpc) is 3.37. The zero-order valence-corrected chi connectivity index (χ0v) is 36.2. The maximum atomic E-state index is 10.5. The third kappa shape index (κ3) is 6.09. The van der Waals surface area contributed by atoms with Crippen LogP contribution < -0.4 is 35.7 Å². The number of nitriles is 2. The molecular weight excluding hydrogens is 807 g/mol. The molecule has 0 fully saturated rings. The topological polar surface area (TPSA) is 72.5 Å². The molecule has 0 unspecified atom stereocenters. The predicted octanol–water partition coefficient (Wildman–Crippen LogP) is 13.1. The predicted molar refractivity (Wildman–Crippen MR) is 266 cm³/mol. The lowest BCUT2D eigenvalue weighted by Gasteiger charge is -2.43. The van der Waals surface area contributed by atoms with Crippen LogP contribution in [0.2, 0.25) is 0 Å². The number of rotatable bonds is 6. The minimum atomic E-state index is -0.387. The summed E-state index contributed by atoms with van der Waals surface area (Å²) < 4.78 is 13.7. The fourth-order valence-electron chi connectivity index (χ4n) is 10.3. The molecule has 9 aromatic rings. The molecule has 0 aromatic heterocycles. The quantitative estimate of drug-likeness (QED) is 0.155. The minimum absolute atomic E-state index is 0.173. The van der Waals surface area contributed by atoms with Crippen LogP contribution in [0.15, 0.2) is 200 Å². The Hall–Kier alpha value is -8.78. The van der Waals surface area contributed by atoms with Gasteiger partial charge in [-0.1, -0.05) is 117 Å². The zero-order chi connectivity index (χ0) is 44.5. The van der Waals surface area contributed by atoms with Crippen molar-refractivity contribution < 1.29 is 9.47 Å². The summed E-state index contributed by atoms with van der Waals surface area (Å²) in [6.07, 6.45) is 0. The van der Waals surface area contributed by atoms with E-state index >= 15 is 0 Å². The van der Waals surface area contributed by atoms with E-state index < -0.39 is 0 Å². The van der Waals surface area contributed by atoms with Crippen molar-refractivity contribution in [2.45, 2.75) is 19.3 Å². The number of anilines is 6. The summed E-state index contributed by atoms with van der Waals surface area (Å²) in [4.78, 5) is 4.57. The first-order valence-electron chi connectivity index (χ1n) is 22.1. The molecule has 310 valence electrons. The van der Waals surface area contributed by atoms with Crippen LogP contribution >= 0.6 is 0 Å². The molecule has 7 heteroatoms. The van der Waals surface area contributed by atoms with E-state index in [2.05, 4.69) is 151 Å². The highest BCUT2D eigenvalue weighted by Gasteiger charge is 2.42. The van der Waals surface area contributed by atoms with Crippen molar-refractivity contribution in [2.24, 2.45) is 0 Å². The number of benzene rings is 9. The molecule has 3 aliphatic heterocycles. The number of nitrogens with zero attached hydrogens (tertiary/aromatic N) is 4. The number of hydrogen-bond donors (Lipinski definition) is 0. The Bertz CT molecular complexity index is 3460. The summed E-state index contributed by atoms with van der Waals surface area (Å²) in [5.74, 6) is 2.99. The molecule has 12 rings (SSSR count). The molecule has 0 atom stereocenters. The average molecular weight is 847 g/mol. The smallest absolute Gasteiger partial charge is 0.260 e. The van der Waals surface area contributed by atoms with Gasteiger partial charge in [0.2, 0.25) is 0 Å². The molecule has 0 saturated heterocycles. The Morgan fingerprint density at radius 3 is 1.68 bits per heavy atom. The van der Waals surface area contributed by atoms with Gasteiger partial charge in [0.25, 0.3) is 6.71 Å². The van der Waals surface area contributed by atoms with Crippen molar-refractivity contribution in [1.82, 2.24) is 0 Å². The van der Waals surface area contributed by atoms with Crippen LogP contribution in [0, 0.1) is 22.7 Å². The van der Waals surface area contributed by atoms with E-state index in [9.17, 15) is 10.5 Å². The third-order valence-corrected chi connectivity index (χ3v) is 13.4. The summed E-state index contributed by atoms with van der Waals surface area (Å²) in [5.41, 5.74) is 16.0. The number of hydrogen-bond acceptors (Lipinski definition) is 6. The standard InChI is InChI=1S/C59H39BN4O2/c1-59(2)47-21-12-13-22-52(47)64(44-19-10-5-11-20-44)58-46(32-39(37-62)33-48(58)59)41-27-29-50-56(35-41)66-54-24-14-23-53-57(54)60(50)49-28-26-40(34-55(49)65-53)45-31-38(36-61)25-30-51(45)63(42-15-6-3-7-16-42)43-17-8-4-9-18-43/h3-35H,1-2H3. The van der Waals surface area contributed by atoms with Gasteiger partial charge in [0.15, 0.2) is 0 Å². The Kier molecular flexibility index (Phi) is 8.95. The van der Waals surface area contributed by atoms with Gasteiger partial charge >= 0.3 is 0 Å². The highest BCUT2D eigenvalue weighted by atomic mass is 16.5. The second-order valence-electron chi connectivity index (χ2n) is 17.5. The number of fused-ring (bicyclic) bond motifs is 6. The van der Waals surface area contributed by atoms with Gasteiger partial charge in [-0.15, -0.1) is 0 Å². The normalized spacial score (nSPS) is 13.3. The zero-order valence-electron chi connectivity index (χ0n) is 36.2. The largest absolute Gasteiger partial charge is 0.458 e. The Labute approximate surface area is 384 Å². The molecule has 3 aliphatic rings. The van der Waals surface area contributed by atoms with Crippen molar-refractivity contribution in [2.75, 3.05) is 9.80 Å². The molecule has 6 nitrogen and oxygen atoms in total. The third-order valence-electron chi connectivity index (χ3n) is 13.4. The maximum Gasteiger partial charge on any atom is 0.260 e. The fraction of sp³-hybridized carbons (Fsp3) is 0.0508. The van der Waals surface area contributed by atoms with Crippen LogP contribution in [0.5, 0.6) is 23.0 Å². The van der Waals surface area contributed by atoms with Gasteiger partial charge in [0.1, 0.15) is 23.0 Å². The van der Waals surface area contributed by atoms with Gasteiger partial charge in [-0.2, -0.15) is 10.5 Å². The van der Waals surface area contributed by atoms with Crippen molar-refractivity contribution in [1.29, 1.82) is 10.5 Å². The molecule has 0 bridgehead atoms. The molecule has 0 aliphatic carbocycles. The van der Waals surface area contributed by atoms with E-state index in [1.807, 2.05) is 84.9 Å². The van der Waals surface area contributed by atoms with Gasteiger partial charge < -0.3 is 19.3 Å². The SMILES string of the molecule is CC1(C)c2ccccc2N(c2ccccc2)c2c(-c3ccc4c(c3)Oc3cccc5c3B4c3ccc(-c4cc(C#N)ccc4N(c4ccccc4)c4ccccc4)cc3O5)cc(C#N)cc21. The highest BCUT2D eigenvalue weighted by molar-refractivity contribution is 6.98. The van der Waals surface area contributed by atoms with Crippen LogP contribution in [-0.4, -0.2) is 6.71 Å². The van der Waals surface area contributed by atoms with Gasteiger partial charge in [-0.05, 0) is 130 Å². The van der Waals surface area contributed by atoms with Gasteiger partial charge in [0.05, 0.1) is 40.3 Å². The van der Waals surface area contributed by atoms with Crippen LogP contribution in [0.3, 0.4) is 0 Å². The molecule has 9 aromatic carbocycles. The van der Waals surface area contributed by atoms with E-state index in [-0.39, 0.29) is 12.1 Å². The molecule has 0 amide bonds. The second-order valence-corrected chi connectivity index (χ2v) is 17.5. The first kappa shape index (κ1) is 38.9. The van der Waals surface area contributed by atoms with E-state index in [4.69, 9.17) is 9.47 Å². The minimum Gasteiger partial charge on any atom is -0.458 e. The summed E-state index contributed by atoms with van der Waals surface area (Å²) in [5, 5.41) is 20.7. The first-order chi connectivity index (χ1) is 32.4. The lowest BCUT2D eigenvalue weighted by atomic mass is 9.35. The van der Waals surface area contributed by atoms with Gasteiger partial charge in [0, 0.05) is 39.1 Å². The second kappa shape index (κ2) is 15.2. The Morgan fingerprint density at radius 2 is 1.06 bits per heavy atom. The fourth-order valence-corrected chi connectivity index (χ4v) is 10.3. The van der Waals surface area contributed by atoms with Crippen molar-refractivity contribution in [3.63, 3.8) is 0 Å². The molecule has 0 saturated carbocycles. The number of para-hydroxylation sites is 4. The number of ether oxygens (including phenoxy) is 2. The Morgan fingerprint density at radius 1 is 0.500 bits per heavy atom. The monoisotopic (exact) mass is 846 g/mol. The Balaban J connectivity index is 1.01. The van der Waals surface area contributed by atoms with Crippen LogP contribution in [0.1, 0.15) is 36.1 Å². The highest BCUT2D eigenvalue weighted by Crippen LogP contribution is 2.55. The molecule has 0 radical (unpaired) electrons. The van der Waals surface area contributed by atoms with E-state index in [0.717, 1.165) is 101 Å². The van der Waals surface area contributed by atoms with Crippen molar-refractivity contribution in [3.8, 4) is 57.4 Å². The summed E-state index contributed by atoms with van der Waals surface area (Å²) in [7, 11) is 0. The lowest BCUT2D eigenvalue weighted by molar-refractivity contribution is 0.464. The molecule has 66 heavy (non-hydrogen) atoms. The van der Waals surface area contributed by atoms with Crippen LogP contribution in [-0.2, 0) is 5.41 Å². The maximum absolute atomic E-state index is 10.5. The van der Waals surface area contributed by atoms with Gasteiger partial charge in [-0.25, -0.2) is 0 Å². The summed E-state index contributed by atoms with van der Waals surface area (Å²) in [6, 6.07) is 73.4. The van der Waals surface area contributed by atoms with Crippen LogP contribution in [0.25, 0.3) is 22.3 Å². The van der Waals surface area contributed by atoms with Crippen LogP contribution in [0.4, 0.5) is 34.1 Å². The van der Waals surface area contributed by atoms with Crippen molar-refractivity contribution >= 4 is 57.2 Å².